The zero-order chi connectivity index (χ0) is 24.0. The molecule has 0 aliphatic heterocycles. The number of hydrogen-bond donors (Lipinski definition) is 1. The Bertz CT molecular complexity index is 1400. The fraction of sp³-hybridized carbons (Fsp3) is 0.462. The van der Waals surface area contributed by atoms with Crippen molar-refractivity contribution in [2.75, 3.05) is 5.75 Å². The van der Waals surface area contributed by atoms with Crippen molar-refractivity contribution in [1.29, 1.82) is 5.26 Å². The van der Waals surface area contributed by atoms with E-state index in [2.05, 4.69) is 11.4 Å². The van der Waals surface area contributed by atoms with Gasteiger partial charge >= 0.3 is 0 Å². The van der Waals surface area contributed by atoms with Crippen molar-refractivity contribution in [1.82, 2.24) is 14.9 Å². The van der Waals surface area contributed by atoms with Crippen molar-refractivity contribution in [2.45, 2.75) is 70.0 Å². The van der Waals surface area contributed by atoms with Crippen LogP contribution in [0.2, 0.25) is 0 Å². The maximum absolute atomic E-state index is 13.9. The predicted octanol–water partition coefficient (Wildman–Crippen LogP) is 4.84. The average molecular weight is 493 g/mol. The van der Waals surface area contributed by atoms with E-state index in [-0.39, 0.29) is 23.1 Å². The van der Waals surface area contributed by atoms with E-state index in [0.29, 0.717) is 5.16 Å². The molecule has 1 amide bonds. The normalized spacial score (nSPS) is 17.1. The highest BCUT2D eigenvalue weighted by Crippen LogP contribution is 2.39. The van der Waals surface area contributed by atoms with Crippen molar-refractivity contribution in [2.24, 2.45) is 5.92 Å². The van der Waals surface area contributed by atoms with Gasteiger partial charge in [-0.2, -0.15) is 5.26 Å². The molecule has 8 heteroatoms. The smallest absolute Gasteiger partial charge is 0.267 e. The minimum atomic E-state index is -0.839. The Hall–Kier alpha value is -2.63. The van der Waals surface area contributed by atoms with E-state index < -0.39 is 5.54 Å². The number of amides is 1. The van der Waals surface area contributed by atoms with Gasteiger partial charge in [0.1, 0.15) is 10.4 Å². The third kappa shape index (κ3) is 4.16. The summed E-state index contributed by atoms with van der Waals surface area (Å²) in [4.78, 5) is 33.7. The molecular weight excluding hydrogens is 464 g/mol. The number of rotatable bonds is 6. The lowest BCUT2D eigenvalue weighted by molar-refractivity contribution is -0.119. The quantitative estimate of drug-likeness (QED) is 0.393. The minimum Gasteiger partial charge on any atom is -0.337 e. The summed E-state index contributed by atoms with van der Waals surface area (Å²) in [5, 5.41) is 13.8. The second-order valence-corrected chi connectivity index (χ2v) is 11.7. The number of carbonyl (C=O) groups is 1. The van der Waals surface area contributed by atoms with Gasteiger partial charge in [0.2, 0.25) is 5.91 Å². The summed E-state index contributed by atoms with van der Waals surface area (Å²) in [7, 11) is 0. The van der Waals surface area contributed by atoms with E-state index in [9.17, 15) is 14.9 Å². The first-order chi connectivity index (χ1) is 16.3. The van der Waals surface area contributed by atoms with Crippen molar-refractivity contribution in [3.63, 3.8) is 0 Å². The zero-order valence-corrected chi connectivity index (χ0v) is 21.4. The van der Waals surface area contributed by atoms with Crippen LogP contribution in [0.1, 0.15) is 54.2 Å². The molecule has 6 nitrogen and oxygen atoms in total. The topological polar surface area (TPSA) is 87.8 Å². The minimum absolute atomic E-state index is 0.0548. The highest BCUT2D eigenvalue weighted by Gasteiger charge is 2.43. The van der Waals surface area contributed by atoms with Crippen LogP contribution in [0.4, 0.5) is 0 Å². The molecule has 0 spiro atoms. The molecule has 34 heavy (non-hydrogen) atoms. The van der Waals surface area contributed by atoms with Gasteiger partial charge in [0.15, 0.2) is 5.16 Å². The Balaban J connectivity index is 1.56. The summed E-state index contributed by atoms with van der Waals surface area (Å²) in [6, 6.07) is 8.32. The molecular formula is C26H28N4O2S2. The third-order valence-corrected chi connectivity index (χ3v) is 9.05. The van der Waals surface area contributed by atoms with Crippen LogP contribution in [-0.2, 0) is 17.6 Å². The fourth-order valence-electron chi connectivity index (χ4n) is 4.79. The molecule has 3 aromatic rings. The molecule has 2 aliphatic carbocycles. The van der Waals surface area contributed by atoms with Crippen LogP contribution in [0.15, 0.2) is 28.2 Å². The van der Waals surface area contributed by atoms with Gasteiger partial charge in [-0.15, -0.1) is 11.3 Å². The first-order valence-corrected chi connectivity index (χ1v) is 13.6. The largest absolute Gasteiger partial charge is 0.337 e. The average Bonchev–Trinajstić information content (AvgIpc) is 3.61. The van der Waals surface area contributed by atoms with Gasteiger partial charge in [0.25, 0.3) is 5.56 Å². The van der Waals surface area contributed by atoms with Gasteiger partial charge in [-0.05, 0) is 88.0 Å². The van der Waals surface area contributed by atoms with Gasteiger partial charge in [-0.1, -0.05) is 23.9 Å². The first kappa shape index (κ1) is 23.1. The second kappa shape index (κ2) is 8.86. The summed E-state index contributed by atoms with van der Waals surface area (Å²) in [5.74, 6) is 0.0949. The molecule has 0 saturated heterocycles. The van der Waals surface area contributed by atoms with Crippen molar-refractivity contribution < 1.29 is 4.79 Å². The van der Waals surface area contributed by atoms with Gasteiger partial charge in [0.05, 0.1) is 22.9 Å². The van der Waals surface area contributed by atoms with Crippen molar-refractivity contribution in [3.05, 3.63) is 50.1 Å². The Labute approximate surface area is 207 Å². The van der Waals surface area contributed by atoms with E-state index in [1.807, 2.05) is 32.0 Å². The number of aromatic nitrogens is 2. The molecule has 0 radical (unpaired) electrons. The first-order valence-electron chi connectivity index (χ1n) is 11.8. The number of nitriles is 1. The number of nitrogens with one attached hydrogen (secondary N) is 1. The van der Waals surface area contributed by atoms with E-state index in [4.69, 9.17) is 4.98 Å². The van der Waals surface area contributed by atoms with E-state index >= 15 is 0 Å². The Morgan fingerprint density at radius 1 is 1.32 bits per heavy atom. The maximum atomic E-state index is 13.9. The standard InChI is InChI=1S/C26H28N4O2S2/c1-15-8-9-16(2)19(12-15)30-24(32)22-18-6-4-5-7-20(18)34-23(22)28-25(30)33-13-21(31)29-26(3,14-27)17-10-11-17/h8-9,12,17H,4-7,10-11,13H2,1-3H3,(H,29,31). The van der Waals surface area contributed by atoms with Crippen LogP contribution in [0.3, 0.4) is 0 Å². The van der Waals surface area contributed by atoms with E-state index in [0.717, 1.165) is 71.1 Å². The highest BCUT2D eigenvalue weighted by atomic mass is 32.2. The predicted molar refractivity (Wildman–Crippen MR) is 137 cm³/mol. The SMILES string of the molecule is Cc1ccc(C)c(-n2c(SCC(=O)NC(C)(C#N)C3CC3)nc3sc4c(c3c2=O)CCCC4)c1. The summed E-state index contributed by atoms with van der Waals surface area (Å²) in [6.07, 6.45) is 6.08. The Morgan fingerprint density at radius 2 is 2.09 bits per heavy atom. The molecule has 1 N–H and O–H groups in total. The summed E-state index contributed by atoms with van der Waals surface area (Å²) in [5.41, 5.74) is 3.11. The van der Waals surface area contributed by atoms with Crippen LogP contribution < -0.4 is 10.9 Å². The van der Waals surface area contributed by atoms with Crippen LogP contribution >= 0.6 is 23.1 Å². The summed E-state index contributed by atoms with van der Waals surface area (Å²) in [6.45, 7) is 5.79. The number of thioether (sulfide) groups is 1. The lowest BCUT2D eigenvalue weighted by atomic mass is 9.97. The summed E-state index contributed by atoms with van der Waals surface area (Å²) >= 11 is 2.88. The number of thiophene rings is 1. The Kier molecular flexibility index (Phi) is 6.03. The summed E-state index contributed by atoms with van der Waals surface area (Å²) < 4.78 is 1.69. The lowest BCUT2D eigenvalue weighted by Crippen LogP contribution is -2.47. The highest BCUT2D eigenvalue weighted by molar-refractivity contribution is 7.99. The van der Waals surface area contributed by atoms with Crippen molar-refractivity contribution in [3.8, 4) is 11.8 Å². The monoisotopic (exact) mass is 492 g/mol. The van der Waals surface area contributed by atoms with Gasteiger partial charge in [-0.25, -0.2) is 4.98 Å². The fourth-order valence-corrected chi connectivity index (χ4v) is 6.90. The molecule has 2 aromatic heterocycles. The molecule has 1 aromatic carbocycles. The van der Waals surface area contributed by atoms with Crippen LogP contribution in [0, 0.1) is 31.1 Å². The number of aryl methyl sites for hydroxylation is 4. The Morgan fingerprint density at radius 3 is 2.82 bits per heavy atom. The number of benzene rings is 1. The van der Waals surface area contributed by atoms with E-state index in [1.165, 1.54) is 16.6 Å². The van der Waals surface area contributed by atoms with Crippen LogP contribution in [0.5, 0.6) is 0 Å². The molecule has 2 heterocycles. The molecule has 176 valence electrons. The molecule has 1 unspecified atom stereocenters. The molecule has 2 aliphatic rings. The molecule has 1 saturated carbocycles. The zero-order valence-electron chi connectivity index (χ0n) is 19.7. The van der Waals surface area contributed by atoms with Gasteiger partial charge in [0, 0.05) is 4.88 Å². The third-order valence-electron chi connectivity index (χ3n) is 6.92. The maximum Gasteiger partial charge on any atom is 0.267 e. The molecule has 1 fully saturated rings. The lowest BCUT2D eigenvalue weighted by Gasteiger charge is -2.22. The number of carbonyl (C=O) groups excluding carboxylic acids is 1. The number of hydrogen-bond acceptors (Lipinski definition) is 6. The second-order valence-electron chi connectivity index (χ2n) is 9.64. The van der Waals surface area contributed by atoms with E-state index in [1.54, 1.807) is 22.8 Å². The van der Waals surface area contributed by atoms with Crippen molar-refractivity contribution >= 4 is 39.2 Å². The molecule has 5 rings (SSSR count). The number of nitrogens with zero attached hydrogens (tertiary/aromatic N) is 3. The number of fused-ring (bicyclic) bond motifs is 3. The van der Waals surface area contributed by atoms with Gasteiger partial charge in [-0.3, -0.25) is 14.2 Å². The van der Waals surface area contributed by atoms with Crippen LogP contribution in [0.25, 0.3) is 15.9 Å². The molecule has 0 bridgehead atoms. The van der Waals surface area contributed by atoms with Crippen LogP contribution in [-0.4, -0.2) is 26.8 Å². The molecule has 1 atom stereocenters. The van der Waals surface area contributed by atoms with Gasteiger partial charge < -0.3 is 5.32 Å².